The average molecular weight is 396 g/mol. The van der Waals surface area contributed by atoms with E-state index in [1.54, 1.807) is 12.1 Å². The maximum Gasteiger partial charge on any atom is 0.261 e. The van der Waals surface area contributed by atoms with E-state index in [-0.39, 0.29) is 20.6 Å². The van der Waals surface area contributed by atoms with Gasteiger partial charge in [-0.25, -0.2) is 8.42 Å². The minimum atomic E-state index is -3.78. The van der Waals surface area contributed by atoms with Gasteiger partial charge in [-0.2, -0.15) is 0 Å². The third-order valence-electron chi connectivity index (χ3n) is 2.43. The molecule has 0 aliphatic carbocycles. The normalized spacial score (nSPS) is 11.3. The molecule has 0 heterocycles. The van der Waals surface area contributed by atoms with E-state index in [2.05, 4.69) is 20.7 Å². The first-order valence-electron chi connectivity index (χ1n) is 5.32. The largest absolute Gasteiger partial charge is 0.399 e. The highest BCUT2D eigenvalue weighted by atomic mass is 79.9. The highest BCUT2D eigenvalue weighted by Crippen LogP contribution is 2.35. The maximum atomic E-state index is 12.2. The SMILES string of the molecule is Nc1ccc(S(=O)(=O)Nc2c(Cl)cc(Br)cc2Cl)cc1. The molecule has 0 fully saturated rings. The number of anilines is 2. The summed E-state index contributed by atoms with van der Waals surface area (Å²) in [6, 6.07) is 8.90. The lowest BCUT2D eigenvalue weighted by atomic mass is 10.3. The molecule has 0 aliphatic heterocycles. The molecule has 2 aromatic rings. The zero-order valence-corrected chi connectivity index (χ0v) is 13.8. The number of hydrogen-bond donors (Lipinski definition) is 2. The predicted molar refractivity (Wildman–Crippen MR) is 85.8 cm³/mol. The van der Waals surface area contributed by atoms with Crippen molar-refractivity contribution in [2.45, 2.75) is 4.90 Å². The maximum absolute atomic E-state index is 12.2. The Morgan fingerprint density at radius 2 is 1.55 bits per heavy atom. The summed E-state index contributed by atoms with van der Waals surface area (Å²) in [4.78, 5) is 0.0711. The van der Waals surface area contributed by atoms with E-state index in [1.807, 2.05) is 0 Å². The Morgan fingerprint density at radius 3 is 2.05 bits per heavy atom. The number of sulfonamides is 1. The highest BCUT2D eigenvalue weighted by molar-refractivity contribution is 9.10. The van der Waals surface area contributed by atoms with Crippen molar-refractivity contribution in [2.75, 3.05) is 10.5 Å². The molecule has 0 spiro atoms. The lowest BCUT2D eigenvalue weighted by molar-refractivity contribution is 0.601. The molecule has 2 rings (SSSR count). The van der Waals surface area contributed by atoms with Crippen LogP contribution < -0.4 is 10.5 Å². The van der Waals surface area contributed by atoms with Crippen LogP contribution in [0, 0.1) is 0 Å². The Kier molecular flexibility index (Phi) is 4.49. The molecule has 2 aromatic carbocycles. The third-order valence-corrected chi connectivity index (χ3v) is 4.85. The fraction of sp³-hybridized carbons (Fsp3) is 0. The van der Waals surface area contributed by atoms with Gasteiger partial charge in [-0.1, -0.05) is 39.1 Å². The first kappa shape index (κ1) is 15.4. The Labute approximate surface area is 135 Å². The van der Waals surface area contributed by atoms with Crippen LogP contribution in [0.15, 0.2) is 45.8 Å². The molecule has 0 saturated carbocycles. The second kappa shape index (κ2) is 5.81. The second-order valence-electron chi connectivity index (χ2n) is 3.92. The van der Waals surface area contributed by atoms with Gasteiger partial charge in [-0.05, 0) is 36.4 Å². The van der Waals surface area contributed by atoms with Crippen molar-refractivity contribution in [3.8, 4) is 0 Å². The summed E-state index contributed by atoms with van der Waals surface area (Å²) in [5.74, 6) is 0. The summed E-state index contributed by atoms with van der Waals surface area (Å²) in [5, 5.41) is 0.395. The number of nitrogens with one attached hydrogen (secondary N) is 1. The fourth-order valence-corrected chi connectivity index (χ4v) is 4.00. The van der Waals surface area contributed by atoms with Crippen molar-refractivity contribution in [3.63, 3.8) is 0 Å². The molecule has 0 amide bonds. The monoisotopic (exact) mass is 394 g/mol. The summed E-state index contributed by atoms with van der Waals surface area (Å²) < 4.78 is 27.5. The summed E-state index contributed by atoms with van der Waals surface area (Å²) in [7, 11) is -3.78. The predicted octanol–water partition coefficient (Wildman–Crippen LogP) is 4.14. The first-order chi connectivity index (χ1) is 9.29. The van der Waals surface area contributed by atoms with E-state index in [4.69, 9.17) is 28.9 Å². The van der Waals surface area contributed by atoms with E-state index >= 15 is 0 Å². The van der Waals surface area contributed by atoms with Crippen molar-refractivity contribution in [1.29, 1.82) is 0 Å². The molecular weight excluding hydrogens is 387 g/mol. The molecule has 0 bridgehead atoms. The van der Waals surface area contributed by atoms with Gasteiger partial charge < -0.3 is 5.73 Å². The van der Waals surface area contributed by atoms with Gasteiger partial charge >= 0.3 is 0 Å². The number of halogens is 3. The van der Waals surface area contributed by atoms with Gasteiger partial charge in [-0.3, -0.25) is 4.72 Å². The van der Waals surface area contributed by atoms with Crippen LogP contribution in [0.3, 0.4) is 0 Å². The van der Waals surface area contributed by atoms with Gasteiger partial charge in [-0.15, -0.1) is 0 Å². The van der Waals surface area contributed by atoms with E-state index < -0.39 is 10.0 Å². The van der Waals surface area contributed by atoms with Gasteiger partial charge in [0.1, 0.15) is 0 Å². The quantitative estimate of drug-likeness (QED) is 0.767. The van der Waals surface area contributed by atoms with E-state index in [1.165, 1.54) is 24.3 Å². The van der Waals surface area contributed by atoms with Gasteiger partial charge in [0, 0.05) is 10.2 Å². The lowest BCUT2D eigenvalue weighted by Gasteiger charge is -2.12. The zero-order chi connectivity index (χ0) is 14.9. The van der Waals surface area contributed by atoms with Gasteiger partial charge in [0.15, 0.2) is 0 Å². The van der Waals surface area contributed by atoms with Crippen LogP contribution in [0.25, 0.3) is 0 Å². The molecular formula is C12H9BrCl2N2O2S. The molecule has 0 atom stereocenters. The van der Waals surface area contributed by atoms with Crippen molar-refractivity contribution < 1.29 is 8.42 Å². The van der Waals surface area contributed by atoms with Crippen molar-refractivity contribution >= 4 is 60.5 Å². The Balaban J connectivity index is 2.41. The van der Waals surface area contributed by atoms with Crippen LogP contribution in [0.1, 0.15) is 0 Å². The minimum Gasteiger partial charge on any atom is -0.399 e. The van der Waals surface area contributed by atoms with Crippen molar-refractivity contribution in [2.24, 2.45) is 0 Å². The van der Waals surface area contributed by atoms with E-state index in [0.717, 1.165) is 0 Å². The fourth-order valence-electron chi connectivity index (χ4n) is 1.48. The first-order valence-corrected chi connectivity index (χ1v) is 8.36. The number of nitrogens with two attached hydrogens (primary N) is 1. The van der Waals surface area contributed by atoms with Crippen LogP contribution in [0.4, 0.5) is 11.4 Å². The molecule has 20 heavy (non-hydrogen) atoms. The molecule has 0 unspecified atom stereocenters. The van der Waals surface area contributed by atoms with Gasteiger partial charge in [0.25, 0.3) is 10.0 Å². The van der Waals surface area contributed by atoms with Gasteiger partial charge in [0.2, 0.25) is 0 Å². The Bertz CT molecular complexity index is 726. The topological polar surface area (TPSA) is 72.2 Å². The van der Waals surface area contributed by atoms with E-state index in [0.29, 0.717) is 10.2 Å². The van der Waals surface area contributed by atoms with Crippen LogP contribution in [0.2, 0.25) is 10.0 Å². The van der Waals surface area contributed by atoms with Crippen molar-refractivity contribution in [1.82, 2.24) is 0 Å². The molecule has 0 aromatic heterocycles. The minimum absolute atomic E-state index is 0.0711. The van der Waals surface area contributed by atoms with Crippen LogP contribution in [-0.2, 0) is 10.0 Å². The van der Waals surface area contributed by atoms with E-state index in [9.17, 15) is 8.42 Å². The molecule has 0 aliphatic rings. The molecule has 0 saturated heterocycles. The third kappa shape index (κ3) is 3.38. The highest BCUT2D eigenvalue weighted by Gasteiger charge is 2.18. The summed E-state index contributed by atoms with van der Waals surface area (Å²) in [5.41, 5.74) is 6.13. The molecule has 106 valence electrons. The smallest absolute Gasteiger partial charge is 0.261 e. The molecule has 3 N–H and O–H groups in total. The number of rotatable bonds is 3. The van der Waals surface area contributed by atoms with Crippen LogP contribution >= 0.6 is 39.1 Å². The zero-order valence-electron chi connectivity index (χ0n) is 9.90. The molecule has 0 radical (unpaired) electrons. The summed E-state index contributed by atoms with van der Waals surface area (Å²) in [6.45, 7) is 0. The van der Waals surface area contributed by atoms with Crippen LogP contribution in [-0.4, -0.2) is 8.42 Å². The van der Waals surface area contributed by atoms with Crippen LogP contribution in [0.5, 0.6) is 0 Å². The number of benzene rings is 2. The number of nitrogen functional groups attached to an aromatic ring is 1. The standard InChI is InChI=1S/C12H9BrCl2N2O2S/c13-7-5-10(14)12(11(15)6-7)17-20(18,19)9-3-1-8(16)2-4-9/h1-6,17H,16H2. The van der Waals surface area contributed by atoms with Crippen molar-refractivity contribution in [3.05, 3.63) is 50.9 Å². The Morgan fingerprint density at radius 1 is 1.05 bits per heavy atom. The summed E-state index contributed by atoms with van der Waals surface area (Å²) >= 11 is 15.2. The number of hydrogen-bond acceptors (Lipinski definition) is 3. The van der Waals surface area contributed by atoms with Gasteiger partial charge in [0.05, 0.1) is 20.6 Å². The molecule has 4 nitrogen and oxygen atoms in total. The second-order valence-corrected chi connectivity index (χ2v) is 7.33. The average Bonchev–Trinajstić information content (AvgIpc) is 2.34. The summed E-state index contributed by atoms with van der Waals surface area (Å²) in [6.07, 6.45) is 0. The lowest BCUT2D eigenvalue weighted by Crippen LogP contribution is -2.13. The Hall–Kier alpha value is -0.950. The molecule has 8 heteroatoms.